The van der Waals surface area contributed by atoms with Crippen LogP contribution in [0, 0.1) is 13.8 Å². The van der Waals surface area contributed by atoms with E-state index in [-0.39, 0.29) is 18.4 Å². The van der Waals surface area contributed by atoms with Crippen molar-refractivity contribution in [2.75, 3.05) is 16.9 Å². The normalized spacial score (nSPS) is 15.0. The summed E-state index contributed by atoms with van der Waals surface area (Å²) in [6.07, 6.45) is 0. The lowest BCUT2D eigenvalue weighted by Gasteiger charge is -2.24. The molecule has 1 atom stereocenters. The molecule has 1 aliphatic rings. The SMILES string of the molecule is Cc1cccc(NC(=O)C2CSCN2C(=O)c2cccc(COc3ccccc3C(N)=O)c2)c1C. The number of carbonyl (C=O) groups is 3. The summed E-state index contributed by atoms with van der Waals surface area (Å²) in [6.45, 7) is 4.12. The number of aryl methyl sites for hydroxylation is 1. The third-order valence-electron chi connectivity index (χ3n) is 6.03. The highest BCUT2D eigenvalue weighted by molar-refractivity contribution is 7.99. The topological polar surface area (TPSA) is 102 Å². The zero-order valence-electron chi connectivity index (χ0n) is 19.6. The van der Waals surface area contributed by atoms with Crippen molar-refractivity contribution >= 4 is 35.2 Å². The lowest BCUT2D eigenvalue weighted by atomic mass is 10.1. The number of anilines is 1. The Bertz CT molecular complexity index is 1280. The van der Waals surface area contributed by atoms with E-state index in [1.807, 2.05) is 38.1 Å². The van der Waals surface area contributed by atoms with E-state index >= 15 is 0 Å². The minimum atomic E-state index is -0.568. The van der Waals surface area contributed by atoms with Crippen molar-refractivity contribution in [3.8, 4) is 5.75 Å². The maximum atomic E-state index is 13.3. The van der Waals surface area contributed by atoms with Gasteiger partial charge < -0.3 is 20.7 Å². The van der Waals surface area contributed by atoms with Crippen molar-refractivity contribution in [1.29, 1.82) is 0 Å². The van der Waals surface area contributed by atoms with Gasteiger partial charge in [0.05, 0.1) is 11.4 Å². The van der Waals surface area contributed by atoms with Gasteiger partial charge in [-0.25, -0.2) is 0 Å². The lowest BCUT2D eigenvalue weighted by Crippen LogP contribution is -2.44. The van der Waals surface area contributed by atoms with Crippen molar-refractivity contribution in [3.05, 3.63) is 94.5 Å². The number of thioether (sulfide) groups is 1. The van der Waals surface area contributed by atoms with Crippen molar-refractivity contribution in [1.82, 2.24) is 4.90 Å². The summed E-state index contributed by atoms with van der Waals surface area (Å²) >= 11 is 1.55. The van der Waals surface area contributed by atoms with Gasteiger partial charge in [0.1, 0.15) is 18.4 Å². The third kappa shape index (κ3) is 5.49. The number of carbonyl (C=O) groups excluding carboxylic acids is 3. The first-order valence-corrected chi connectivity index (χ1v) is 12.4. The molecule has 35 heavy (non-hydrogen) atoms. The second-order valence-corrected chi connectivity index (χ2v) is 9.38. The Morgan fingerprint density at radius 2 is 1.83 bits per heavy atom. The molecule has 180 valence electrons. The highest BCUT2D eigenvalue weighted by Crippen LogP contribution is 2.26. The van der Waals surface area contributed by atoms with E-state index in [9.17, 15) is 14.4 Å². The van der Waals surface area contributed by atoms with Crippen LogP contribution < -0.4 is 15.8 Å². The number of nitrogens with zero attached hydrogens (tertiary/aromatic N) is 1. The average molecular weight is 490 g/mol. The predicted octanol–water partition coefficient (Wildman–Crippen LogP) is 4.14. The van der Waals surface area contributed by atoms with Gasteiger partial charge in [0.25, 0.3) is 11.8 Å². The summed E-state index contributed by atoms with van der Waals surface area (Å²) in [4.78, 5) is 39.6. The standard InChI is InChI=1S/C27H27N3O4S/c1-17-7-5-11-22(18(17)2)29-26(32)23-15-35-16-30(23)27(33)20-9-6-8-19(13-20)14-34-24-12-4-3-10-21(24)25(28)31/h3-13,23H,14-16H2,1-2H3,(H2,28,31)(H,29,32). The Morgan fingerprint density at radius 3 is 2.63 bits per heavy atom. The van der Waals surface area contributed by atoms with Crippen LogP contribution in [0.5, 0.6) is 5.75 Å². The van der Waals surface area contributed by atoms with Gasteiger partial charge in [0, 0.05) is 17.0 Å². The van der Waals surface area contributed by atoms with Gasteiger partial charge in [-0.1, -0.05) is 36.4 Å². The first-order valence-electron chi connectivity index (χ1n) is 11.2. The Morgan fingerprint density at radius 1 is 1.06 bits per heavy atom. The predicted molar refractivity (Wildman–Crippen MR) is 138 cm³/mol. The van der Waals surface area contributed by atoms with E-state index in [1.54, 1.807) is 59.1 Å². The molecule has 7 nitrogen and oxygen atoms in total. The molecular weight excluding hydrogens is 462 g/mol. The van der Waals surface area contributed by atoms with Crippen LogP contribution in [0.2, 0.25) is 0 Å². The minimum absolute atomic E-state index is 0.163. The molecule has 3 amide bonds. The third-order valence-corrected chi connectivity index (χ3v) is 7.04. The van der Waals surface area contributed by atoms with Gasteiger partial charge in [-0.2, -0.15) is 0 Å². The largest absolute Gasteiger partial charge is 0.488 e. The van der Waals surface area contributed by atoms with Crippen LogP contribution >= 0.6 is 11.8 Å². The average Bonchev–Trinajstić information content (AvgIpc) is 3.35. The molecule has 3 aromatic rings. The van der Waals surface area contributed by atoms with E-state index in [0.29, 0.717) is 28.5 Å². The van der Waals surface area contributed by atoms with Crippen LogP contribution in [0.1, 0.15) is 37.4 Å². The van der Waals surface area contributed by atoms with E-state index in [0.717, 1.165) is 22.4 Å². The Kier molecular flexibility index (Phi) is 7.41. The summed E-state index contributed by atoms with van der Waals surface area (Å²) < 4.78 is 5.80. The molecular formula is C27H27N3O4S. The fourth-order valence-corrected chi connectivity index (χ4v) is 5.03. The van der Waals surface area contributed by atoms with Gasteiger partial charge in [-0.05, 0) is 60.9 Å². The Labute approximate surface area is 208 Å². The van der Waals surface area contributed by atoms with Crippen LogP contribution in [-0.4, -0.2) is 40.3 Å². The van der Waals surface area contributed by atoms with Crippen LogP contribution in [0.3, 0.4) is 0 Å². The molecule has 1 heterocycles. The number of benzene rings is 3. The van der Waals surface area contributed by atoms with Crippen molar-refractivity contribution in [2.24, 2.45) is 5.73 Å². The number of hydrogen-bond acceptors (Lipinski definition) is 5. The Balaban J connectivity index is 1.46. The second-order valence-electron chi connectivity index (χ2n) is 8.38. The van der Waals surface area contributed by atoms with Crippen LogP contribution in [0.4, 0.5) is 5.69 Å². The van der Waals surface area contributed by atoms with Gasteiger partial charge in [0.2, 0.25) is 5.91 Å². The maximum absolute atomic E-state index is 13.3. The number of rotatable bonds is 7. The molecule has 1 unspecified atom stereocenters. The van der Waals surface area contributed by atoms with E-state index in [4.69, 9.17) is 10.5 Å². The lowest BCUT2D eigenvalue weighted by molar-refractivity contribution is -0.119. The molecule has 0 radical (unpaired) electrons. The number of nitrogens with one attached hydrogen (secondary N) is 1. The molecule has 0 aromatic heterocycles. The molecule has 1 aliphatic heterocycles. The molecule has 0 aliphatic carbocycles. The quantitative estimate of drug-likeness (QED) is 0.520. The first kappa shape index (κ1) is 24.3. The number of primary amides is 1. The number of amides is 3. The molecule has 1 saturated heterocycles. The first-order chi connectivity index (χ1) is 16.8. The summed E-state index contributed by atoms with van der Waals surface area (Å²) in [5.41, 5.74) is 9.81. The van der Waals surface area contributed by atoms with Gasteiger partial charge in [-0.15, -0.1) is 11.8 Å². The Hall–Kier alpha value is -3.78. The molecule has 1 fully saturated rings. The van der Waals surface area contributed by atoms with Gasteiger partial charge in [0.15, 0.2) is 0 Å². The molecule has 4 rings (SSSR count). The fraction of sp³-hybridized carbons (Fsp3) is 0.222. The second kappa shape index (κ2) is 10.7. The summed E-state index contributed by atoms with van der Waals surface area (Å²) in [7, 11) is 0. The zero-order valence-corrected chi connectivity index (χ0v) is 20.4. The number of nitrogens with two attached hydrogens (primary N) is 1. The molecule has 3 N–H and O–H groups in total. The van der Waals surface area contributed by atoms with Gasteiger partial charge in [-0.3, -0.25) is 14.4 Å². The highest BCUT2D eigenvalue weighted by atomic mass is 32.2. The van der Waals surface area contributed by atoms with Crippen LogP contribution in [0.25, 0.3) is 0 Å². The molecule has 3 aromatic carbocycles. The summed E-state index contributed by atoms with van der Waals surface area (Å²) in [6, 6.07) is 19.1. The smallest absolute Gasteiger partial charge is 0.255 e. The fourth-order valence-electron chi connectivity index (χ4n) is 3.88. The van der Waals surface area contributed by atoms with E-state index in [1.165, 1.54) is 0 Å². The summed E-state index contributed by atoms with van der Waals surface area (Å²) in [5, 5.41) is 2.99. The van der Waals surface area contributed by atoms with Crippen LogP contribution in [-0.2, 0) is 11.4 Å². The molecule has 0 spiro atoms. The van der Waals surface area contributed by atoms with Gasteiger partial charge >= 0.3 is 0 Å². The van der Waals surface area contributed by atoms with E-state index in [2.05, 4.69) is 5.32 Å². The number of ether oxygens (including phenoxy) is 1. The molecule has 0 saturated carbocycles. The van der Waals surface area contributed by atoms with Crippen molar-refractivity contribution in [3.63, 3.8) is 0 Å². The minimum Gasteiger partial charge on any atom is -0.488 e. The molecule has 8 heteroatoms. The summed E-state index contributed by atoms with van der Waals surface area (Å²) in [5.74, 6) is 0.387. The van der Waals surface area contributed by atoms with E-state index < -0.39 is 11.9 Å². The zero-order chi connectivity index (χ0) is 24.9. The van der Waals surface area contributed by atoms with Crippen molar-refractivity contribution in [2.45, 2.75) is 26.5 Å². The monoisotopic (exact) mass is 489 g/mol. The highest BCUT2D eigenvalue weighted by Gasteiger charge is 2.35. The van der Waals surface area contributed by atoms with Crippen LogP contribution in [0.15, 0.2) is 66.7 Å². The van der Waals surface area contributed by atoms with Crippen molar-refractivity contribution < 1.29 is 19.1 Å². The molecule has 0 bridgehead atoms. The number of hydrogen-bond donors (Lipinski definition) is 2. The maximum Gasteiger partial charge on any atom is 0.255 e. The number of para-hydroxylation sites is 1.